The number of alkyl halides is 3. The molecule has 0 aromatic heterocycles. The average molecular weight is 426 g/mol. The molecule has 5 nitrogen and oxygen atoms in total. The minimum atomic E-state index is -4.69. The summed E-state index contributed by atoms with van der Waals surface area (Å²) in [6, 6.07) is 5.95. The van der Waals surface area contributed by atoms with Gasteiger partial charge >= 0.3 is 6.36 Å². The molecule has 3 rings (SSSR count). The van der Waals surface area contributed by atoms with Gasteiger partial charge in [-0.3, -0.25) is 9.59 Å². The zero-order valence-corrected chi connectivity index (χ0v) is 17.4. The van der Waals surface area contributed by atoms with Gasteiger partial charge in [-0.25, -0.2) is 0 Å². The zero-order chi connectivity index (χ0) is 21.9. The van der Waals surface area contributed by atoms with Crippen molar-refractivity contribution in [3.63, 3.8) is 0 Å². The summed E-state index contributed by atoms with van der Waals surface area (Å²) >= 11 is 0. The summed E-state index contributed by atoms with van der Waals surface area (Å²) in [4.78, 5) is 26.4. The molecule has 1 atom stereocenters. The van der Waals surface area contributed by atoms with Crippen LogP contribution in [-0.2, 0) is 16.0 Å². The van der Waals surface area contributed by atoms with Gasteiger partial charge in [0.05, 0.1) is 0 Å². The van der Waals surface area contributed by atoms with Crippen LogP contribution in [0.15, 0.2) is 24.3 Å². The van der Waals surface area contributed by atoms with Gasteiger partial charge in [-0.2, -0.15) is 0 Å². The first-order chi connectivity index (χ1) is 14.1. The van der Waals surface area contributed by atoms with Crippen molar-refractivity contribution in [2.24, 2.45) is 11.8 Å². The Labute approximate surface area is 175 Å². The predicted molar refractivity (Wildman–Crippen MR) is 106 cm³/mol. The molecule has 2 fully saturated rings. The second-order valence-corrected chi connectivity index (χ2v) is 8.76. The smallest absolute Gasteiger partial charge is 0.406 e. The summed E-state index contributed by atoms with van der Waals surface area (Å²) in [6.07, 6.45) is -0.306. The predicted octanol–water partition coefficient (Wildman–Crippen LogP) is 4.06. The molecule has 8 heteroatoms. The van der Waals surface area contributed by atoms with Crippen molar-refractivity contribution in [3.05, 3.63) is 29.8 Å². The maximum Gasteiger partial charge on any atom is 0.573 e. The maximum absolute atomic E-state index is 12.9. The quantitative estimate of drug-likeness (QED) is 0.746. The molecule has 0 radical (unpaired) electrons. The van der Waals surface area contributed by atoms with Gasteiger partial charge in [-0.05, 0) is 62.6 Å². The van der Waals surface area contributed by atoms with Crippen molar-refractivity contribution in [2.75, 3.05) is 13.1 Å². The average Bonchev–Trinajstić information content (AvgIpc) is 2.66. The van der Waals surface area contributed by atoms with Gasteiger partial charge in [-0.15, -0.1) is 13.2 Å². The van der Waals surface area contributed by atoms with Gasteiger partial charge < -0.3 is 15.0 Å². The van der Waals surface area contributed by atoms with Gasteiger partial charge in [0.25, 0.3) is 0 Å². The van der Waals surface area contributed by atoms with Crippen LogP contribution in [0.2, 0.25) is 0 Å². The second-order valence-electron chi connectivity index (χ2n) is 8.76. The molecule has 166 valence electrons. The van der Waals surface area contributed by atoms with Crippen LogP contribution in [0.25, 0.3) is 0 Å². The minimum Gasteiger partial charge on any atom is -0.406 e. The number of hydrogen-bond donors (Lipinski definition) is 1. The Morgan fingerprint density at radius 1 is 1.23 bits per heavy atom. The Hall–Kier alpha value is -2.25. The van der Waals surface area contributed by atoms with Crippen molar-refractivity contribution in [1.29, 1.82) is 0 Å². The Kier molecular flexibility index (Phi) is 6.62. The van der Waals surface area contributed by atoms with Gasteiger partial charge in [0.1, 0.15) is 5.75 Å². The standard InChI is InChI=1S/C22H29F3N2O3/c1-3-19(28)26-21(2)12-17(13-21)20(29)27-10-4-5-16(14-27)11-15-6-8-18(9-7-15)30-22(23,24)25/h6-9,16-17H,3-5,10-14H2,1-2H3,(H,26,28)/t16-,17?,21?/m1/s1. The molecular weight excluding hydrogens is 397 g/mol. The Balaban J connectivity index is 1.50. The summed E-state index contributed by atoms with van der Waals surface area (Å²) in [5, 5.41) is 3.00. The SMILES string of the molecule is CCC(=O)NC1(C)CC(C(=O)N2CCC[C@H](Cc3ccc(OC(F)(F)F)cc3)C2)C1. The molecule has 30 heavy (non-hydrogen) atoms. The van der Waals surface area contributed by atoms with Gasteiger partial charge in [0.15, 0.2) is 0 Å². The lowest BCUT2D eigenvalue weighted by atomic mass is 9.68. The van der Waals surface area contributed by atoms with Crippen LogP contribution in [0, 0.1) is 11.8 Å². The molecule has 0 spiro atoms. The van der Waals surface area contributed by atoms with E-state index in [9.17, 15) is 22.8 Å². The van der Waals surface area contributed by atoms with Gasteiger partial charge in [0, 0.05) is 31.0 Å². The first-order valence-electron chi connectivity index (χ1n) is 10.5. The van der Waals surface area contributed by atoms with E-state index in [2.05, 4.69) is 10.1 Å². The maximum atomic E-state index is 12.9. The monoisotopic (exact) mass is 426 g/mol. The molecule has 1 heterocycles. The summed E-state index contributed by atoms with van der Waals surface area (Å²) in [5.74, 6) is 0.160. The zero-order valence-electron chi connectivity index (χ0n) is 17.4. The van der Waals surface area contributed by atoms with E-state index in [1.165, 1.54) is 12.1 Å². The van der Waals surface area contributed by atoms with Crippen molar-refractivity contribution >= 4 is 11.8 Å². The number of benzene rings is 1. The summed E-state index contributed by atoms with van der Waals surface area (Å²) < 4.78 is 40.8. The number of halogens is 3. The number of rotatable bonds is 6. The van der Waals surface area contributed by atoms with Crippen LogP contribution >= 0.6 is 0 Å². The Morgan fingerprint density at radius 3 is 2.50 bits per heavy atom. The third-order valence-corrected chi connectivity index (χ3v) is 6.02. The molecule has 0 bridgehead atoms. The number of carbonyl (C=O) groups is 2. The van der Waals surface area contributed by atoms with Gasteiger partial charge in [0.2, 0.25) is 11.8 Å². The third kappa shape index (κ3) is 5.89. The van der Waals surface area contributed by atoms with E-state index in [0.717, 1.165) is 24.9 Å². The van der Waals surface area contributed by atoms with E-state index in [4.69, 9.17) is 0 Å². The fourth-order valence-electron chi connectivity index (χ4n) is 4.58. The van der Waals surface area contributed by atoms with Crippen LogP contribution in [0.5, 0.6) is 5.75 Å². The number of piperidine rings is 1. The normalized spacial score (nSPS) is 26.6. The number of nitrogens with zero attached hydrogens (tertiary/aromatic N) is 1. The topological polar surface area (TPSA) is 58.6 Å². The second kappa shape index (κ2) is 8.86. The Bertz CT molecular complexity index is 758. The molecule has 1 saturated carbocycles. The van der Waals surface area contributed by atoms with Crippen LogP contribution in [0.4, 0.5) is 13.2 Å². The highest BCUT2D eigenvalue weighted by Gasteiger charge is 2.46. The molecule has 1 aliphatic heterocycles. The number of ether oxygens (including phenoxy) is 1. The van der Waals surface area contributed by atoms with E-state index in [0.29, 0.717) is 32.2 Å². The molecule has 1 aliphatic carbocycles. The lowest BCUT2D eigenvalue weighted by molar-refractivity contribution is -0.274. The van der Waals surface area contributed by atoms with Crippen molar-refractivity contribution < 1.29 is 27.5 Å². The van der Waals surface area contributed by atoms with E-state index in [1.54, 1.807) is 12.1 Å². The number of hydrogen-bond acceptors (Lipinski definition) is 3. The highest BCUT2D eigenvalue weighted by atomic mass is 19.4. The number of carbonyl (C=O) groups excluding carboxylic acids is 2. The summed E-state index contributed by atoms with van der Waals surface area (Å²) in [5.41, 5.74) is 0.644. The van der Waals surface area contributed by atoms with E-state index >= 15 is 0 Å². The molecular formula is C22H29F3N2O3. The number of likely N-dealkylation sites (tertiary alicyclic amines) is 1. The lowest BCUT2D eigenvalue weighted by Gasteiger charge is -2.47. The first kappa shape index (κ1) is 22.4. The Morgan fingerprint density at radius 2 is 1.90 bits per heavy atom. The first-order valence-corrected chi connectivity index (χ1v) is 10.5. The number of nitrogens with one attached hydrogen (secondary N) is 1. The third-order valence-electron chi connectivity index (χ3n) is 6.02. The fraction of sp³-hybridized carbons (Fsp3) is 0.636. The molecule has 1 N–H and O–H groups in total. The minimum absolute atomic E-state index is 0.00749. The molecule has 2 amide bonds. The lowest BCUT2D eigenvalue weighted by Crippen LogP contribution is -2.59. The van der Waals surface area contributed by atoms with Crippen LogP contribution in [0.3, 0.4) is 0 Å². The fourth-order valence-corrected chi connectivity index (χ4v) is 4.58. The molecule has 1 saturated heterocycles. The molecule has 2 aliphatic rings. The van der Waals surface area contributed by atoms with Crippen LogP contribution in [-0.4, -0.2) is 41.7 Å². The van der Waals surface area contributed by atoms with Crippen LogP contribution < -0.4 is 10.1 Å². The van der Waals surface area contributed by atoms with Crippen LogP contribution in [0.1, 0.15) is 51.5 Å². The van der Waals surface area contributed by atoms with Crippen molar-refractivity contribution in [3.8, 4) is 5.75 Å². The van der Waals surface area contributed by atoms with Gasteiger partial charge in [-0.1, -0.05) is 19.1 Å². The van der Waals surface area contributed by atoms with Crippen molar-refractivity contribution in [1.82, 2.24) is 10.2 Å². The number of amides is 2. The van der Waals surface area contributed by atoms with E-state index in [-0.39, 0.29) is 34.9 Å². The molecule has 1 aromatic rings. The molecule has 0 unspecified atom stereocenters. The van der Waals surface area contributed by atoms with E-state index < -0.39 is 6.36 Å². The van der Waals surface area contributed by atoms with E-state index in [1.807, 2.05) is 18.7 Å². The molecule has 1 aromatic carbocycles. The highest BCUT2D eigenvalue weighted by molar-refractivity contribution is 5.82. The summed E-state index contributed by atoms with van der Waals surface area (Å²) in [6.45, 7) is 5.19. The summed E-state index contributed by atoms with van der Waals surface area (Å²) in [7, 11) is 0. The highest BCUT2D eigenvalue weighted by Crippen LogP contribution is 2.39. The largest absolute Gasteiger partial charge is 0.573 e. The van der Waals surface area contributed by atoms with Crippen molar-refractivity contribution in [2.45, 2.75) is 64.3 Å².